The number of hydrogen-bond acceptors (Lipinski definition) is 6. The van der Waals surface area contributed by atoms with Crippen LogP contribution in [0.2, 0.25) is 0 Å². The molecule has 1 atom stereocenters. The van der Waals surface area contributed by atoms with Gasteiger partial charge in [-0.2, -0.15) is 0 Å². The van der Waals surface area contributed by atoms with Gasteiger partial charge in [0.15, 0.2) is 6.10 Å². The molecule has 0 amide bonds. The van der Waals surface area contributed by atoms with Crippen LogP contribution in [-0.4, -0.2) is 37.2 Å². The molecule has 0 spiro atoms. The molecule has 0 aliphatic carbocycles. The fourth-order valence-corrected chi connectivity index (χ4v) is 10.2. The Labute approximate surface area is 508 Å². The first kappa shape index (κ1) is 78.3. The minimum absolute atomic E-state index is 0.0954. The van der Waals surface area contributed by atoms with E-state index in [9.17, 15) is 14.4 Å². The van der Waals surface area contributed by atoms with Gasteiger partial charge in [-0.15, -0.1) is 0 Å². The molecule has 0 fully saturated rings. The Bertz CT molecular complexity index is 1590. The minimum atomic E-state index is -0.805. The molecule has 0 N–H and O–H groups in total. The lowest BCUT2D eigenvalue weighted by Crippen LogP contribution is -2.30. The van der Waals surface area contributed by atoms with Gasteiger partial charge in [0.1, 0.15) is 13.2 Å². The normalized spacial score (nSPS) is 12.7. The van der Waals surface area contributed by atoms with E-state index in [4.69, 9.17) is 14.2 Å². The van der Waals surface area contributed by atoms with E-state index in [0.717, 1.165) is 89.9 Å². The molecule has 0 aliphatic rings. The second-order valence-electron chi connectivity index (χ2n) is 23.4. The molecular formula is C76H132O6. The number of allylic oxidation sites excluding steroid dienone is 16. The molecule has 1 unspecified atom stereocenters. The predicted octanol–water partition coefficient (Wildman–Crippen LogP) is 24.4. The van der Waals surface area contributed by atoms with Crippen LogP contribution in [0, 0.1) is 0 Å². The van der Waals surface area contributed by atoms with E-state index in [-0.39, 0.29) is 37.5 Å². The van der Waals surface area contributed by atoms with E-state index in [2.05, 4.69) is 112 Å². The van der Waals surface area contributed by atoms with E-state index < -0.39 is 6.10 Å². The van der Waals surface area contributed by atoms with E-state index in [1.807, 2.05) is 6.08 Å². The average molecular weight is 1140 g/mol. The number of ether oxygens (including phenoxy) is 3. The Morgan fingerprint density at radius 1 is 0.256 bits per heavy atom. The van der Waals surface area contributed by atoms with E-state index >= 15 is 0 Å². The second-order valence-corrected chi connectivity index (χ2v) is 23.4. The van der Waals surface area contributed by atoms with Crippen LogP contribution < -0.4 is 0 Å². The number of esters is 3. The van der Waals surface area contributed by atoms with Gasteiger partial charge in [0.05, 0.1) is 0 Å². The number of carbonyl (C=O) groups excluding carboxylic acids is 3. The molecule has 6 nitrogen and oxygen atoms in total. The summed E-state index contributed by atoms with van der Waals surface area (Å²) in [5.41, 5.74) is 0. The summed E-state index contributed by atoms with van der Waals surface area (Å²) in [6.07, 6.45) is 94.6. The zero-order valence-corrected chi connectivity index (χ0v) is 54.2. The molecule has 0 bridgehead atoms. The third-order valence-electron chi connectivity index (χ3n) is 15.3. The highest BCUT2D eigenvalue weighted by Crippen LogP contribution is 2.18. The molecule has 82 heavy (non-hydrogen) atoms. The van der Waals surface area contributed by atoms with Gasteiger partial charge < -0.3 is 14.2 Å². The molecule has 0 radical (unpaired) electrons. The minimum Gasteiger partial charge on any atom is -0.462 e. The maximum Gasteiger partial charge on any atom is 0.306 e. The Morgan fingerprint density at radius 3 is 0.817 bits per heavy atom. The Balaban J connectivity index is 4.25. The van der Waals surface area contributed by atoms with Crippen molar-refractivity contribution in [1.82, 2.24) is 0 Å². The van der Waals surface area contributed by atoms with Crippen LogP contribution in [0.3, 0.4) is 0 Å². The van der Waals surface area contributed by atoms with Crippen molar-refractivity contribution in [2.24, 2.45) is 0 Å². The van der Waals surface area contributed by atoms with Crippen LogP contribution >= 0.6 is 0 Å². The zero-order chi connectivity index (χ0) is 59.2. The largest absolute Gasteiger partial charge is 0.462 e. The van der Waals surface area contributed by atoms with Crippen molar-refractivity contribution in [3.63, 3.8) is 0 Å². The van der Waals surface area contributed by atoms with Crippen molar-refractivity contribution in [1.29, 1.82) is 0 Å². The molecule has 0 rings (SSSR count). The molecule has 6 heteroatoms. The lowest BCUT2D eigenvalue weighted by molar-refractivity contribution is -0.166. The second kappa shape index (κ2) is 69.8. The van der Waals surface area contributed by atoms with Crippen LogP contribution in [0.15, 0.2) is 97.2 Å². The highest BCUT2D eigenvalue weighted by Gasteiger charge is 2.19. The van der Waals surface area contributed by atoms with E-state index in [1.54, 1.807) is 0 Å². The van der Waals surface area contributed by atoms with Gasteiger partial charge in [0, 0.05) is 19.3 Å². The first-order valence-electron chi connectivity index (χ1n) is 35.2. The van der Waals surface area contributed by atoms with Crippen molar-refractivity contribution in [3.05, 3.63) is 97.2 Å². The van der Waals surface area contributed by atoms with Gasteiger partial charge in [-0.05, 0) is 83.5 Å². The quantitative estimate of drug-likeness (QED) is 0.0261. The van der Waals surface area contributed by atoms with Crippen LogP contribution in [0.1, 0.15) is 348 Å². The van der Waals surface area contributed by atoms with Crippen molar-refractivity contribution in [3.8, 4) is 0 Å². The summed E-state index contributed by atoms with van der Waals surface area (Å²) in [6, 6.07) is 0. The topological polar surface area (TPSA) is 78.9 Å². The molecule has 0 aromatic carbocycles. The van der Waals surface area contributed by atoms with E-state index in [0.29, 0.717) is 19.3 Å². The molecule has 472 valence electrons. The fourth-order valence-electron chi connectivity index (χ4n) is 10.2. The van der Waals surface area contributed by atoms with Crippen LogP contribution in [0.5, 0.6) is 0 Å². The summed E-state index contributed by atoms with van der Waals surface area (Å²) in [7, 11) is 0. The first-order valence-corrected chi connectivity index (χ1v) is 35.2. The number of unbranched alkanes of at least 4 members (excludes halogenated alkanes) is 37. The molecule has 0 aromatic rings. The summed E-state index contributed by atoms with van der Waals surface area (Å²) in [6.45, 7) is 6.40. The number of hydrogen-bond donors (Lipinski definition) is 0. The molecule has 0 aliphatic heterocycles. The fraction of sp³-hybridized carbons (Fsp3) is 0.750. The highest BCUT2D eigenvalue weighted by atomic mass is 16.6. The highest BCUT2D eigenvalue weighted by molar-refractivity contribution is 5.71. The van der Waals surface area contributed by atoms with Crippen LogP contribution in [-0.2, 0) is 28.6 Å². The van der Waals surface area contributed by atoms with Gasteiger partial charge in [0.2, 0.25) is 0 Å². The standard InChI is InChI=1S/C76H132O6/c1-4-7-10-13-16-19-22-25-27-29-31-33-35-36-37-38-39-40-41-43-44-46-48-51-54-57-60-63-66-69-75(78)81-72-73(71-80-74(77)68-65-62-59-56-53-50-24-21-18-15-12-9-6-3)82-76(79)70-67-64-61-58-55-52-49-47-45-42-34-32-30-28-26-23-20-17-14-11-8-5-2/h7,9-10,12,16,18-19,21,25,27,31,33,50,53,59,62,73H,4-6,8,11,13-15,17,20,22-24,26,28-30,32,34-49,51-52,54-58,60-61,63-72H2,1-3H3/b10-7-,12-9-,19-16-,21-18-,27-25-,33-31-,53-50-,62-59-. The summed E-state index contributed by atoms with van der Waals surface area (Å²) in [5, 5.41) is 0. The number of rotatable bonds is 64. The zero-order valence-electron chi connectivity index (χ0n) is 54.2. The maximum atomic E-state index is 12.9. The molecule has 0 heterocycles. The summed E-state index contributed by atoms with van der Waals surface area (Å²) in [5.74, 6) is -0.962. The van der Waals surface area contributed by atoms with Gasteiger partial charge in [-0.1, -0.05) is 343 Å². The van der Waals surface area contributed by atoms with Crippen LogP contribution in [0.25, 0.3) is 0 Å². The van der Waals surface area contributed by atoms with Crippen molar-refractivity contribution in [2.45, 2.75) is 354 Å². The summed E-state index contributed by atoms with van der Waals surface area (Å²) < 4.78 is 16.9. The van der Waals surface area contributed by atoms with Gasteiger partial charge in [-0.25, -0.2) is 0 Å². The Kier molecular flexibility index (Phi) is 66.7. The van der Waals surface area contributed by atoms with Gasteiger partial charge in [0.25, 0.3) is 0 Å². The predicted molar refractivity (Wildman–Crippen MR) is 357 cm³/mol. The monoisotopic (exact) mass is 1140 g/mol. The van der Waals surface area contributed by atoms with Crippen molar-refractivity contribution in [2.75, 3.05) is 13.2 Å². The average Bonchev–Trinajstić information content (AvgIpc) is 3.47. The Morgan fingerprint density at radius 2 is 0.500 bits per heavy atom. The van der Waals surface area contributed by atoms with E-state index in [1.165, 1.54) is 212 Å². The smallest absolute Gasteiger partial charge is 0.306 e. The SMILES string of the molecule is CC/C=C\C/C=C\C/C=C\C/C=C\CCCCCCCCCCCCCCCCCCC(=O)OCC(COC(=O)CC/C=C\C/C=C\C/C=C\C/C=C\CC)OC(=O)CCCCCCCCCCCCCCCCCCCCCCCC. The first-order chi connectivity index (χ1) is 40.5. The molecule has 0 saturated heterocycles. The lowest BCUT2D eigenvalue weighted by Gasteiger charge is -2.18. The van der Waals surface area contributed by atoms with Crippen LogP contribution in [0.4, 0.5) is 0 Å². The third kappa shape index (κ3) is 67.1. The van der Waals surface area contributed by atoms with Gasteiger partial charge >= 0.3 is 17.9 Å². The summed E-state index contributed by atoms with van der Waals surface area (Å²) >= 11 is 0. The maximum absolute atomic E-state index is 12.9. The molecule has 0 saturated carbocycles. The Hall–Kier alpha value is -3.67. The summed E-state index contributed by atoms with van der Waals surface area (Å²) in [4.78, 5) is 38.4. The molecule has 0 aromatic heterocycles. The molecular weight excluding hydrogens is 1010 g/mol. The van der Waals surface area contributed by atoms with Crippen molar-refractivity contribution < 1.29 is 28.6 Å². The lowest BCUT2D eigenvalue weighted by atomic mass is 10.0. The number of carbonyl (C=O) groups is 3. The van der Waals surface area contributed by atoms with Gasteiger partial charge in [-0.3, -0.25) is 14.4 Å². The van der Waals surface area contributed by atoms with Crippen molar-refractivity contribution >= 4 is 17.9 Å². The third-order valence-corrected chi connectivity index (χ3v) is 15.3.